The number of ether oxygens (including phenoxy) is 1. The average molecular weight is 388 g/mol. The normalized spacial score (nSPS) is 11.5. The number of nitrogens with one attached hydrogen (secondary N) is 2. The van der Waals surface area contributed by atoms with Crippen molar-refractivity contribution in [3.8, 4) is 0 Å². The number of halogens is 2. The highest BCUT2D eigenvalue weighted by Gasteiger charge is 2.20. The molecule has 0 aromatic carbocycles. The number of carbonyl (C=O) groups excluding carboxylic acids is 3. The Labute approximate surface area is 122 Å². The molecular formula is C10H16Br2N2O4. The summed E-state index contributed by atoms with van der Waals surface area (Å²) in [6.07, 6.45) is 0.981. The predicted molar refractivity (Wildman–Crippen MR) is 73.8 cm³/mol. The number of hydrogen-bond donors (Lipinski definition) is 2. The van der Waals surface area contributed by atoms with Crippen LogP contribution in [0.25, 0.3) is 0 Å². The molecule has 0 radical (unpaired) electrons. The van der Waals surface area contributed by atoms with E-state index in [1.54, 1.807) is 0 Å². The third-order valence-electron chi connectivity index (χ3n) is 2.06. The van der Waals surface area contributed by atoms with Crippen molar-refractivity contribution in [3.63, 3.8) is 0 Å². The largest absolute Gasteiger partial charge is 0.467 e. The number of methoxy groups -OCH3 is 1. The highest BCUT2D eigenvalue weighted by molar-refractivity contribution is 9.09. The molecule has 1 atom stereocenters. The molecule has 0 aromatic heterocycles. The second-order valence-electron chi connectivity index (χ2n) is 3.40. The minimum Gasteiger partial charge on any atom is -0.467 e. The highest BCUT2D eigenvalue weighted by atomic mass is 79.9. The standard InChI is InChI=1S/C10H16Br2N2O4/c1-18-10(17)7(14-9(16)6-12)3-2-4-13-8(15)5-11/h7H,2-6H2,1H3,(H,13,15)(H,14,16). The maximum absolute atomic E-state index is 11.4. The Morgan fingerprint density at radius 3 is 2.28 bits per heavy atom. The zero-order chi connectivity index (χ0) is 14.0. The van der Waals surface area contributed by atoms with Gasteiger partial charge >= 0.3 is 5.97 Å². The van der Waals surface area contributed by atoms with Crippen LogP contribution in [-0.2, 0) is 19.1 Å². The Balaban J connectivity index is 4.05. The molecule has 0 aliphatic heterocycles. The summed E-state index contributed by atoms with van der Waals surface area (Å²) in [6.45, 7) is 0.447. The molecule has 0 aromatic rings. The van der Waals surface area contributed by atoms with E-state index in [9.17, 15) is 14.4 Å². The van der Waals surface area contributed by atoms with Crippen molar-refractivity contribution in [2.75, 3.05) is 24.3 Å². The van der Waals surface area contributed by atoms with Crippen molar-refractivity contribution >= 4 is 49.6 Å². The maximum atomic E-state index is 11.4. The summed E-state index contributed by atoms with van der Waals surface area (Å²) in [5, 5.41) is 5.56. The molecule has 0 bridgehead atoms. The van der Waals surface area contributed by atoms with Gasteiger partial charge in [-0.25, -0.2) is 4.79 Å². The molecule has 104 valence electrons. The summed E-state index contributed by atoms with van der Waals surface area (Å²) >= 11 is 6.02. The molecular weight excluding hydrogens is 372 g/mol. The first-order valence-corrected chi connectivity index (χ1v) is 7.55. The average Bonchev–Trinajstić information content (AvgIpc) is 2.40. The van der Waals surface area contributed by atoms with Gasteiger partial charge in [0.05, 0.1) is 17.8 Å². The molecule has 0 saturated heterocycles. The van der Waals surface area contributed by atoms with Crippen molar-refractivity contribution in [2.45, 2.75) is 18.9 Å². The van der Waals surface area contributed by atoms with E-state index < -0.39 is 12.0 Å². The molecule has 1 unspecified atom stereocenters. The van der Waals surface area contributed by atoms with E-state index in [1.807, 2.05) is 0 Å². The number of esters is 1. The van der Waals surface area contributed by atoms with Crippen molar-refractivity contribution in [2.24, 2.45) is 0 Å². The second-order valence-corrected chi connectivity index (χ2v) is 4.52. The van der Waals surface area contributed by atoms with Gasteiger partial charge in [0.1, 0.15) is 6.04 Å². The molecule has 0 aliphatic carbocycles. The van der Waals surface area contributed by atoms with Crippen molar-refractivity contribution < 1.29 is 19.1 Å². The fraction of sp³-hybridized carbons (Fsp3) is 0.700. The Morgan fingerprint density at radius 2 is 1.78 bits per heavy atom. The number of carbonyl (C=O) groups is 3. The van der Waals surface area contributed by atoms with Gasteiger partial charge in [-0.15, -0.1) is 0 Å². The molecule has 18 heavy (non-hydrogen) atoms. The van der Waals surface area contributed by atoms with E-state index in [2.05, 4.69) is 47.2 Å². The van der Waals surface area contributed by atoms with Crippen LogP contribution in [0.1, 0.15) is 12.8 Å². The first-order chi connectivity index (χ1) is 8.54. The van der Waals surface area contributed by atoms with Crippen LogP contribution in [0.3, 0.4) is 0 Å². The zero-order valence-corrected chi connectivity index (χ0v) is 13.2. The van der Waals surface area contributed by atoms with Gasteiger partial charge in [0.25, 0.3) is 0 Å². The topological polar surface area (TPSA) is 84.5 Å². The third-order valence-corrected chi connectivity index (χ3v) is 3.07. The SMILES string of the molecule is COC(=O)C(CCCNC(=O)CBr)NC(=O)CBr. The van der Waals surface area contributed by atoms with Gasteiger partial charge in [0, 0.05) is 6.54 Å². The summed E-state index contributed by atoms with van der Waals surface area (Å²) in [5.74, 6) is -0.889. The van der Waals surface area contributed by atoms with Gasteiger partial charge in [0.15, 0.2) is 0 Å². The van der Waals surface area contributed by atoms with Crippen LogP contribution in [0.15, 0.2) is 0 Å². The van der Waals surface area contributed by atoms with Gasteiger partial charge in [-0.05, 0) is 12.8 Å². The third kappa shape index (κ3) is 7.65. The van der Waals surface area contributed by atoms with Gasteiger partial charge in [-0.3, -0.25) is 9.59 Å². The van der Waals surface area contributed by atoms with E-state index in [0.29, 0.717) is 19.4 Å². The van der Waals surface area contributed by atoms with E-state index in [0.717, 1.165) is 0 Å². The Hall–Kier alpha value is -0.630. The number of hydrogen-bond acceptors (Lipinski definition) is 4. The van der Waals surface area contributed by atoms with Gasteiger partial charge in [0.2, 0.25) is 11.8 Å². The number of rotatable bonds is 8. The molecule has 2 amide bonds. The van der Waals surface area contributed by atoms with Crippen LogP contribution in [0.4, 0.5) is 0 Å². The minimum atomic E-state index is -0.680. The quantitative estimate of drug-likeness (QED) is 0.357. The minimum absolute atomic E-state index is 0.117. The molecule has 0 spiro atoms. The summed E-state index contributed by atoms with van der Waals surface area (Å²) in [6, 6.07) is -0.680. The Kier molecular flexibility index (Phi) is 9.95. The first kappa shape index (κ1) is 17.4. The van der Waals surface area contributed by atoms with Crippen molar-refractivity contribution in [3.05, 3.63) is 0 Å². The molecule has 0 rings (SSSR count). The first-order valence-electron chi connectivity index (χ1n) is 5.31. The Morgan fingerprint density at radius 1 is 1.17 bits per heavy atom. The molecule has 0 saturated carbocycles. The molecule has 0 aliphatic rings. The Bertz CT molecular complexity index is 300. The lowest BCUT2D eigenvalue weighted by atomic mass is 10.1. The predicted octanol–water partition coefficient (Wildman–Crippen LogP) is 0.330. The monoisotopic (exact) mass is 386 g/mol. The molecule has 6 nitrogen and oxygen atoms in total. The second kappa shape index (κ2) is 10.3. The fourth-order valence-electron chi connectivity index (χ4n) is 1.21. The lowest BCUT2D eigenvalue weighted by Crippen LogP contribution is -2.42. The van der Waals surface area contributed by atoms with Crippen LogP contribution >= 0.6 is 31.9 Å². The van der Waals surface area contributed by atoms with E-state index >= 15 is 0 Å². The lowest BCUT2D eigenvalue weighted by molar-refractivity contribution is -0.145. The highest BCUT2D eigenvalue weighted by Crippen LogP contribution is 2.00. The van der Waals surface area contributed by atoms with Gasteiger partial charge in [-0.2, -0.15) is 0 Å². The van der Waals surface area contributed by atoms with Crippen LogP contribution in [0, 0.1) is 0 Å². The van der Waals surface area contributed by atoms with Gasteiger partial charge in [-0.1, -0.05) is 31.9 Å². The van der Waals surface area contributed by atoms with E-state index in [-0.39, 0.29) is 22.5 Å². The van der Waals surface area contributed by atoms with Crippen LogP contribution < -0.4 is 10.6 Å². The van der Waals surface area contributed by atoms with Crippen molar-refractivity contribution in [1.82, 2.24) is 10.6 Å². The van der Waals surface area contributed by atoms with E-state index in [4.69, 9.17) is 0 Å². The molecule has 8 heteroatoms. The molecule has 2 N–H and O–H groups in total. The molecule has 0 fully saturated rings. The smallest absolute Gasteiger partial charge is 0.328 e. The number of amides is 2. The fourth-order valence-corrected chi connectivity index (χ4v) is 1.57. The number of alkyl halides is 2. The van der Waals surface area contributed by atoms with Gasteiger partial charge < -0.3 is 15.4 Å². The van der Waals surface area contributed by atoms with Crippen LogP contribution in [0.5, 0.6) is 0 Å². The lowest BCUT2D eigenvalue weighted by Gasteiger charge is -2.15. The van der Waals surface area contributed by atoms with Crippen LogP contribution in [0.2, 0.25) is 0 Å². The van der Waals surface area contributed by atoms with Crippen molar-refractivity contribution in [1.29, 1.82) is 0 Å². The summed E-state index contributed by atoms with van der Waals surface area (Å²) in [5.41, 5.74) is 0. The van der Waals surface area contributed by atoms with Crippen LogP contribution in [-0.4, -0.2) is 48.1 Å². The molecule has 0 heterocycles. The summed E-state index contributed by atoms with van der Waals surface area (Å²) < 4.78 is 4.59. The summed E-state index contributed by atoms with van der Waals surface area (Å²) in [7, 11) is 1.27. The maximum Gasteiger partial charge on any atom is 0.328 e. The zero-order valence-electron chi connectivity index (χ0n) is 10.0. The van der Waals surface area contributed by atoms with E-state index in [1.165, 1.54) is 7.11 Å². The summed E-state index contributed by atoms with van der Waals surface area (Å²) in [4.78, 5) is 33.5.